The van der Waals surface area contributed by atoms with E-state index in [1.807, 2.05) is 0 Å². The van der Waals surface area contributed by atoms with Gasteiger partial charge in [-0.3, -0.25) is 19.2 Å². The Morgan fingerprint density at radius 3 is 2.00 bits per heavy atom. The van der Waals surface area contributed by atoms with Crippen molar-refractivity contribution in [2.75, 3.05) is 14.2 Å². The first-order valence-electron chi connectivity index (χ1n) is 6.33. The SMILES string of the molecule is COC(=O)C[C@@H](C(=O)OC)C1C(=O)c2ccccc2C1=O. The highest BCUT2D eigenvalue weighted by Crippen LogP contribution is 2.33. The molecule has 0 spiro atoms. The molecule has 1 atom stereocenters. The maximum Gasteiger partial charge on any atom is 0.310 e. The Morgan fingerprint density at radius 2 is 1.57 bits per heavy atom. The molecule has 1 aromatic carbocycles. The van der Waals surface area contributed by atoms with Gasteiger partial charge in [0.1, 0.15) is 0 Å². The molecule has 0 bridgehead atoms. The van der Waals surface area contributed by atoms with E-state index in [9.17, 15) is 19.2 Å². The van der Waals surface area contributed by atoms with Gasteiger partial charge in [-0.25, -0.2) is 0 Å². The Morgan fingerprint density at radius 1 is 1.05 bits per heavy atom. The van der Waals surface area contributed by atoms with Crippen LogP contribution in [0.15, 0.2) is 24.3 Å². The van der Waals surface area contributed by atoms with Crippen molar-refractivity contribution < 1.29 is 28.7 Å². The predicted molar refractivity (Wildman–Crippen MR) is 70.7 cm³/mol. The van der Waals surface area contributed by atoms with Crippen LogP contribution >= 0.6 is 0 Å². The molecule has 1 aliphatic rings. The van der Waals surface area contributed by atoms with Gasteiger partial charge in [-0.1, -0.05) is 24.3 Å². The molecule has 0 saturated carbocycles. The number of rotatable bonds is 4. The first-order valence-corrected chi connectivity index (χ1v) is 6.33. The second kappa shape index (κ2) is 5.87. The van der Waals surface area contributed by atoms with E-state index in [-0.39, 0.29) is 17.5 Å². The molecule has 0 unspecified atom stereocenters. The maximum absolute atomic E-state index is 12.4. The van der Waals surface area contributed by atoms with E-state index >= 15 is 0 Å². The van der Waals surface area contributed by atoms with Gasteiger partial charge in [0, 0.05) is 11.1 Å². The molecule has 0 heterocycles. The minimum absolute atomic E-state index is 0.270. The monoisotopic (exact) mass is 290 g/mol. The van der Waals surface area contributed by atoms with Crippen molar-refractivity contribution >= 4 is 23.5 Å². The molecule has 0 N–H and O–H groups in total. The number of carbonyl (C=O) groups excluding carboxylic acids is 4. The van der Waals surface area contributed by atoms with Crippen molar-refractivity contribution in [1.82, 2.24) is 0 Å². The number of ketones is 2. The second-order valence-electron chi connectivity index (χ2n) is 4.66. The normalized spacial score (nSPS) is 15.5. The summed E-state index contributed by atoms with van der Waals surface area (Å²) >= 11 is 0. The third-order valence-electron chi connectivity index (χ3n) is 3.54. The lowest BCUT2D eigenvalue weighted by atomic mass is 9.85. The lowest BCUT2D eigenvalue weighted by Gasteiger charge is -2.17. The van der Waals surface area contributed by atoms with Crippen molar-refractivity contribution in [2.24, 2.45) is 11.8 Å². The van der Waals surface area contributed by atoms with Gasteiger partial charge < -0.3 is 9.47 Å². The fraction of sp³-hybridized carbons (Fsp3) is 0.333. The van der Waals surface area contributed by atoms with Crippen LogP contribution in [-0.4, -0.2) is 37.7 Å². The van der Waals surface area contributed by atoms with Crippen molar-refractivity contribution in [3.63, 3.8) is 0 Å². The molecule has 6 nitrogen and oxygen atoms in total. The average Bonchev–Trinajstić information content (AvgIpc) is 2.76. The molecule has 6 heteroatoms. The smallest absolute Gasteiger partial charge is 0.310 e. The molecule has 1 aliphatic carbocycles. The van der Waals surface area contributed by atoms with E-state index in [0.29, 0.717) is 0 Å². The number of benzene rings is 1. The lowest BCUT2D eigenvalue weighted by molar-refractivity contribution is -0.152. The van der Waals surface area contributed by atoms with Crippen LogP contribution in [-0.2, 0) is 19.1 Å². The molecule has 0 amide bonds. The molecule has 110 valence electrons. The topological polar surface area (TPSA) is 86.7 Å². The molecular weight excluding hydrogens is 276 g/mol. The Hall–Kier alpha value is -2.50. The summed E-state index contributed by atoms with van der Waals surface area (Å²) in [5, 5.41) is 0. The van der Waals surface area contributed by atoms with Gasteiger partial charge in [0.05, 0.1) is 32.5 Å². The van der Waals surface area contributed by atoms with Crippen LogP contribution in [0.3, 0.4) is 0 Å². The Bertz CT molecular complexity index is 583. The minimum atomic E-state index is -1.23. The zero-order valence-electron chi connectivity index (χ0n) is 11.6. The van der Waals surface area contributed by atoms with Crippen LogP contribution in [0.1, 0.15) is 27.1 Å². The van der Waals surface area contributed by atoms with Gasteiger partial charge in [-0.2, -0.15) is 0 Å². The summed E-state index contributed by atoms with van der Waals surface area (Å²) < 4.78 is 9.13. The minimum Gasteiger partial charge on any atom is -0.469 e. The Kier molecular flexibility index (Phi) is 4.16. The zero-order chi connectivity index (χ0) is 15.6. The fourth-order valence-electron chi connectivity index (χ4n) is 2.48. The summed E-state index contributed by atoms with van der Waals surface area (Å²) in [5.74, 6) is -4.78. The van der Waals surface area contributed by atoms with Crippen LogP contribution in [0.2, 0.25) is 0 Å². The number of methoxy groups -OCH3 is 2. The third-order valence-corrected chi connectivity index (χ3v) is 3.54. The van der Waals surface area contributed by atoms with Crippen molar-refractivity contribution in [1.29, 1.82) is 0 Å². The van der Waals surface area contributed by atoms with Crippen molar-refractivity contribution in [3.05, 3.63) is 35.4 Å². The first kappa shape index (κ1) is 14.9. The first-order chi connectivity index (χ1) is 10.0. The van der Waals surface area contributed by atoms with Gasteiger partial charge in [0.25, 0.3) is 0 Å². The summed E-state index contributed by atoms with van der Waals surface area (Å²) in [6.07, 6.45) is -0.376. The van der Waals surface area contributed by atoms with E-state index in [4.69, 9.17) is 0 Å². The zero-order valence-corrected chi connectivity index (χ0v) is 11.6. The molecule has 0 radical (unpaired) electrons. The Labute approximate surface area is 121 Å². The lowest BCUT2D eigenvalue weighted by Crippen LogP contribution is -2.34. The Balaban J connectivity index is 2.38. The summed E-state index contributed by atoms with van der Waals surface area (Å²) in [6, 6.07) is 6.34. The number of fused-ring (bicyclic) bond motifs is 1. The molecule has 0 fully saturated rings. The summed E-state index contributed by atoms with van der Waals surface area (Å²) in [7, 11) is 2.31. The molecule has 21 heavy (non-hydrogen) atoms. The molecule has 0 aromatic heterocycles. The van der Waals surface area contributed by atoms with E-state index in [1.165, 1.54) is 19.2 Å². The standard InChI is InChI=1S/C15H14O6/c1-20-11(16)7-10(15(19)21-2)12-13(17)8-5-3-4-6-9(8)14(12)18/h3-6,10,12H,7H2,1-2H3/t10-/m1/s1. The van der Waals surface area contributed by atoms with E-state index in [0.717, 1.165) is 7.11 Å². The molecule has 0 aliphatic heterocycles. The van der Waals surface area contributed by atoms with E-state index in [2.05, 4.69) is 9.47 Å². The largest absolute Gasteiger partial charge is 0.469 e. The van der Waals surface area contributed by atoms with Crippen molar-refractivity contribution in [3.8, 4) is 0 Å². The highest BCUT2D eigenvalue weighted by molar-refractivity contribution is 6.27. The van der Waals surface area contributed by atoms with E-state index in [1.54, 1.807) is 12.1 Å². The second-order valence-corrected chi connectivity index (χ2v) is 4.66. The summed E-state index contributed by atoms with van der Waals surface area (Å²) in [5.41, 5.74) is 0.539. The van der Waals surface area contributed by atoms with Gasteiger partial charge >= 0.3 is 11.9 Å². The maximum atomic E-state index is 12.4. The molecule has 2 rings (SSSR count). The molecule has 1 aromatic rings. The van der Waals surface area contributed by atoms with Crippen LogP contribution in [0.5, 0.6) is 0 Å². The van der Waals surface area contributed by atoms with Crippen molar-refractivity contribution in [2.45, 2.75) is 6.42 Å². The number of ether oxygens (including phenoxy) is 2. The van der Waals surface area contributed by atoms with E-state index < -0.39 is 35.3 Å². The van der Waals surface area contributed by atoms with Crippen LogP contribution in [0, 0.1) is 11.8 Å². The summed E-state index contributed by atoms with van der Waals surface area (Å²) in [6.45, 7) is 0. The predicted octanol–water partition coefficient (Wildman–Crippen LogP) is 1.03. The fourth-order valence-corrected chi connectivity index (χ4v) is 2.48. The van der Waals surface area contributed by atoms with Gasteiger partial charge in [-0.15, -0.1) is 0 Å². The highest BCUT2D eigenvalue weighted by atomic mass is 16.5. The summed E-state index contributed by atoms with van der Waals surface area (Å²) in [4.78, 5) is 48.0. The van der Waals surface area contributed by atoms with Gasteiger partial charge in [0.2, 0.25) is 0 Å². The molecular formula is C15H14O6. The van der Waals surface area contributed by atoms with Crippen LogP contribution in [0.25, 0.3) is 0 Å². The highest BCUT2D eigenvalue weighted by Gasteiger charge is 2.47. The number of hydrogen-bond donors (Lipinski definition) is 0. The van der Waals surface area contributed by atoms with Gasteiger partial charge in [-0.05, 0) is 0 Å². The number of Topliss-reactive ketones (excluding diaryl/α,β-unsaturated/α-hetero) is 2. The molecule has 0 saturated heterocycles. The van der Waals surface area contributed by atoms with Crippen LogP contribution in [0.4, 0.5) is 0 Å². The number of hydrogen-bond acceptors (Lipinski definition) is 6. The van der Waals surface area contributed by atoms with Gasteiger partial charge in [0.15, 0.2) is 11.6 Å². The number of esters is 2. The number of carbonyl (C=O) groups is 4. The average molecular weight is 290 g/mol. The third kappa shape index (κ3) is 2.56. The van der Waals surface area contributed by atoms with Crippen LogP contribution < -0.4 is 0 Å². The quantitative estimate of drug-likeness (QED) is 0.608.